The van der Waals surface area contributed by atoms with E-state index in [0.717, 1.165) is 11.3 Å². The van der Waals surface area contributed by atoms with Crippen LogP contribution in [0.4, 0.5) is 0 Å². The zero-order chi connectivity index (χ0) is 16.7. The fourth-order valence-electron chi connectivity index (χ4n) is 2.71. The largest absolute Gasteiger partial charge is 0.454 e. The molecule has 7 heteroatoms. The van der Waals surface area contributed by atoms with Crippen molar-refractivity contribution in [2.75, 3.05) is 6.79 Å². The first-order valence-electron chi connectivity index (χ1n) is 7.47. The molecule has 24 heavy (non-hydrogen) atoms. The van der Waals surface area contributed by atoms with Gasteiger partial charge in [-0.25, -0.2) is 9.67 Å². The summed E-state index contributed by atoms with van der Waals surface area (Å²) in [7, 11) is 0. The average molecular weight is 343 g/mol. The minimum atomic E-state index is -0.495. The lowest BCUT2D eigenvalue weighted by Gasteiger charge is -2.14. The molecule has 2 N–H and O–H groups in total. The maximum Gasteiger partial charge on any atom is 0.231 e. The molecule has 6 nitrogen and oxygen atoms in total. The van der Waals surface area contributed by atoms with Gasteiger partial charge in [-0.05, 0) is 30.7 Å². The average Bonchev–Trinajstić information content (AvgIpc) is 3.20. The molecule has 3 aromatic rings. The van der Waals surface area contributed by atoms with Crippen LogP contribution in [0.3, 0.4) is 0 Å². The van der Waals surface area contributed by atoms with E-state index in [0.29, 0.717) is 28.2 Å². The molecule has 0 spiro atoms. The van der Waals surface area contributed by atoms with Crippen molar-refractivity contribution in [1.82, 2.24) is 14.8 Å². The van der Waals surface area contributed by atoms with E-state index in [1.54, 1.807) is 4.68 Å². The van der Waals surface area contributed by atoms with Gasteiger partial charge < -0.3 is 15.2 Å². The van der Waals surface area contributed by atoms with Crippen LogP contribution >= 0.6 is 11.6 Å². The Morgan fingerprint density at radius 2 is 1.96 bits per heavy atom. The predicted octanol–water partition coefficient (Wildman–Crippen LogP) is 3.01. The number of hydrogen-bond donors (Lipinski definition) is 1. The number of benzene rings is 2. The summed E-state index contributed by atoms with van der Waals surface area (Å²) in [6, 6.07) is 12.6. The van der Waals surface area contributed by atoms with Crippen LogP contribution in [0, 0.1) is 6.92 Å². The Bertz CT molecular complexity index is 909. The predicted molar refractivity (Wildman–Crippen MR) is 89.7 cm³/mol. The summed E-state index contributed by atoms with van der Waals surface area (Å²) in [5.41, 5.74) is 8.02. The van der Waals surface area contributed by atoms with Crippen LogP contribution < -0.4 is 15.2 Å². The van der Waals surface area contributed by atoms with Crippen molar-refractivity contribution in [1.29, 1.82) is 0 Å². The highest BCUT2D eigenvalue weighted by Crippen LogP contribution is 2.34. The number of nitrogens with two attached hydrogens (primary N) is 1. The molecule has 1 aliphatic heterocycles. The summed E-state index contributed by atoms with van der Waals surface area (Å²) in [5, 5.41) is 5.07. The lowest BCUT2D eigenvalue weighted by molar-refractivity contribution is 0.174. The summed E-state index contributed by atoms with van der Waals surface area (Å²) in [6.07, 6.45) is 0. The van der Waals surface area contributed by atoms with Gasteiger partial charge in [0, 0.05) is 11.1 Å². The first-order chi connectivity index (χ1) is 11.6. The van der Waals surface area contributed by atoms with E-state index in [4.69, 9.17) is 26.8 Å². The van der Waals surface area contributed by atoms with Crippen LogP contribution in [0.5, 0.6) is 11.5 Å². The van der Waals surface area contributed by atoms with Gasteiger partial charge in [-0.3, -0.25) is 0 Å². The van der Waals surface area contributed by atoms with Gasteiger partial charge in [-0.2, -0.15) is 5.10 Å². The standard InChI is InChI=1S/C17H15ClN4O2/c1-10-20-17(16(19)12-4-2-3-5-13(12)18)22(21-10)11-6-7-14-15(8-11)24-9-23-14/h2-8,16H,9,19H2,1H3/t16-/m0/s1. The molecule has 0 bridgehead atoms. The lowest BCUT2D eigenvalue weighted by Crippen LogP contribution is -2.18. The highest BCUT2D eigenvalue weighted by molar-refractivity contribution is 6.31. The van der Waals surface area contributed by atoms with E-state index in [-0.39, 0.29) is 6.79 Å². The summed E-state index contributed by atoms with van der Waals surface area (Å²) in [6.45, 7) is 2.05. The highest BCUT2D eigenvalue weighted by atomic mass is 35.5. The minimum Gasteiger partial charge on any atom is -0.454 e. The van der Waals surface area contributed by atoms with Gasteiger partial charge >= 0.3 is 0 Å². The molecule has 0 fully saturated rings. The smallest absolute Gasteiger partial charge is 0.231 e. The zero-order valence-electron chi connectivity index (χ0n) is 12.9. The second-order valence-corrected chi connectivity index (χ2v) is 5.87. The molecular formula is C17H15ClN4O2. The molecule has 2 heterocycles. The third-order valence-corrected chi connectivity index (χ3v) is 4.20. The quantitative estimate of drug-likeness (QED) is 0.792. The molecule has 0 radical (unpaired) electrons. The molecule has 2 aromatic carbocycles. The van der Waals surface area contributed by atoms with Gasteiger partial charge in [0.25, 0.3) is 0 Å². The van der Waals surface area contributed by atoms with Crippen molar-refractivity contribution in [3.63, 3.8) is 0 Å². The van der Waals surface area contributed by atoms with E-state index in [9.17, 15) is 0 Å². The van der Waals surface area contributed by atoms with E-state index < -0.39 is 6.04 Å². The minimum absolute atomic E-state index is 0.223. The molecule has 0 aliphatic carbocycles. The maximum atomic E-state index is 6.42. The second-order valence-electron chi connectivity index (χ2n) is 5.47. The Morgan fingerprint density at radius 3 is 2.79 bits per heavy atom. The van der Waals surface area contributed by atoms with Gasteiger partial charge in [0.1, 0.15) is 5.82 Å². The van der Waals surface area contributed by atoms with Gasteiger partial charge in [0.15, 0.2) is 17.3 Å². The van der Waals surface area contributed by atoms with E-state index in [1.165, 1.54) is 0 Å². The number of aryl methyl sites for hydroxylation is 1. The molecule has 1 aromatic heterocycles. The van der Waals surface area contributed by atoms with Crippen LogP contribution in [0.2, 0.25) is 5.02 Å². The van der Waals surface area contributed by atoms with Crippen molar-refractivity contribution in [2.24, 2.45) is 5.73 Å². The number of halogens is 1. The van der Waals surface area contributed by atoms with Gasteiger partial charge in [0.05, 0.1) is 11.7 Å². The van der Waals surface area contributed by atoms with Crippen molar-refractivity contribution in [3.8, 4) is 17.2 Å². The number of rotatable bonds is 3. The third-order valence-electron chi connectivity index (χ3n) is 3.86. The van der Waals surface area contributed by atoms with Crippen LogP contribution in [-0.2, 0) is 0 Å². The van der Waals surface area contributed by atoms with Gasteiger partial charge in [0.2, 0.25) is 6.79 Å². The third kappa shape index (κ3) is 2.50. The SMILES string of the molecule is Cc1nc([C@@H](N)c2ccccc2Cl)n(-c2ccc3c(c2)OCO3)n1. The van der Waals surface area contributed by atoms with Gasteiger partial charge in [-0.1, -0.05) is 29.8 Å². The Kier molecular flexibility index (Phi) is 3.63. The molecule has 1 aliphatic rings. The van der Waals surface area contributed by atoms with Crippen LogP contribution in [-0.4, -0.2) is 21.6 Å². The van der Waals surface area contributed by atoms with E-state index in [1.807, 2.05) is 49.4 Å². The Labute approximate surface area is 143 Å². The molecule has 0 amide bonds. The molecule has 4 rings (SSSR count). The van der Waals surface area contributed by atoms with E-state index >= 15 is 0 Å². The molecule has 1 atom stereocenters. The fourth-order valence-corrected chi connectivity index (χ4v) is 2.96. The van der Waals surface area contributed by atoms with Crippen LogP contribution in [0.25, 0.3) is 5.69 Å². The van der Waals surface area contributed by atoms with Crippen LogP contribution in [0.1, 0.15) is 23.3 Å². The molecule has 122 valence electrons. The molecule has 0 unspecified atom stereocenters. The monoisotopic (exact) mass is 342 g/mol. The van der Waals surface area contributed by atoms with Crippen molar-refractivity contribution < 1.29 is 9.47 Å². The fraction of sp³-hybridized carbons (Fsp3) is 0.176. The van der Waals surface area contributed by atoms with Crippen molar-refractivity contribution in [2.45, 2.75) is 13.0 Å². The Morgan fingerprint density at radius 1 is 1.17 bits per heavy atom. The maximum absolute atomic E-state index is 6.42. The second kappa shape index (κ2) is 5.81. The Balaban J connectivity index is 1.80. The highest BCUT2D eigenvalue weighted by Gasteiger charge is 2.22. The summed E-state index contributed by atoms with van der Waals surface area (Å²) in [5.74, 6) is 2.63. The van der Waals surface area contributed by atoms with Crippen LogP contribution in [0.15, 0.2) is 42.5 Å². The van der Waals surface area contributed by atoms with E-state index in [2.05, 4.69) is 10.1 Å². The number of hydrogen-bond acceptors (Lipinski definition) is 5. The number of ether oxygens (including phenoxy) is 2. The topological polar surface area (TPSA) is 75.2 Å². The van der Waals surface area contributed by atoms with Crippen molar-refractivity contribution >= 4 is 11.6 Å². The zero-order valence-corrected chi connectivity index (χ0v) is 13.7. The first kappa shape index (κ1) is 15.0. The molecular weight excluding hydrogens is 328 g/mol. The lowest BCUT2D eigenvalue weighted by atomic mass is 10.1. The molecule has 0 saturated carbocycles. The number of nitrogens with zero attached hydrogens (tertiary/aromatic N) is 3. The van der Waals surface area contributed by atoms with Gasteiger partial charge in [-0.15, -0.1) is 0 Å². The summed E-state index contributed by atoms with van der Waals surface area (Å²) in [4.78, 5) is 4.49. The summed E-state index contributed by atoms with van der Waals surface area (Å²) >= 11 is 6.28. The number of fused-ring (bicyclic) bond motifs is 1. The Hall–Kier alpha value is -2.57. The number of aromatic nitrogens is 3. The normalized spacial score (nSPS) is 14.0. The molecule has 0 saturated heterocycles. The first-order valence-corrected chi connectivity index (χ1v) is 7.85. The van der Waals surface area contributed by atoms with Crippen molar-refractivity contribution in [3.05, 3.63) is 64.7 Å². The summed E-state index contributed by atoms with van der Waals surface area (Å²) < 4.78 is 12.5.